The number of anilines is 1. The van der Waals surface area contributed by atoms with E-state index >= 15 is 0 Å². The molecule has 1 aliphatic rings. The van der Waals surface area contributed by atoms with Crippen LogP contribution in [0.1, 0.15) is 25.9 Å². The van der Waals surface area contributed by atoms with Gasteiger partial charge in [-0.3, -0.25) is 19.3 Å². The fraction of sp³-hybridized carbons (Fsp3) is 0.100. The first-order valence-electron chi connectivity index (χ1n) is 8.83. The number of amides is 1. The summed E-state index contributed by atoms with van der Waals surface area (Å²) < 4.78 is 2.36. The topological polar surface area (TPSA) is 98.1 Å². The number of ketones is 2. The lowest BCUT2D eigenvalue weighted by Crippen LogP contribution is -2.29. The van der Waals surface area contributed by atoms with Crippen molar-refractivity contribution in [3.63, 3.8) is 0 Å². The molecule has 0 saturated carbocycles. The molecule has 5 rings (SSSR count). The second kappa shape index (κ2) is 6.71. The molecule has 1 amide bonds. The number of carbonyl (C=O) groups is 3. The lowest BCUT2D eigenvalue weighted by atomic mass is 10.1. The molecule has 2 aromatic carbocycles. The van der Waals surface area contributed by atoms with E-state index in [4.69, 9.17) is 0 Å². The molecular formula is C20H13N5O3S. The summed E-state index contributed by atoms with van der Waals surface area (Å²) in [4.78, 5) is 42.7. The summed E-state index contributed by atoms with van der Waals surface area (Å²) in [6.07, 6.45) is 1.60. The number of aromatic nitrogens is 4. The predicted octanol–water partition coefficient (Wildman–Crippen LogP) is 2.50. The molecule has 0 radical (unpaired) electrons. The summed E-state index contributed by atoms with van der Waals surface area (Å²) in [5.41, 5.74) is 2.22. The molecule has 0 aliphatic carbocycles. The Balaban J connectivity index is 1.33. The molecule has 8 nitrogen and oxygen atoms in total. The summed E-state index contributed by atoms with van der Waals surface area (Å²) >= 11 is 1.34. The molecule has 1 aliphatic heterocycles. The highest BCUT2D eigenvalue weighted by atomic mass is 32.1. The van der Waals surface area contributed by atoms with Crippen LogP contribution in [-0.4, -0.2) is 37.5 Å². The maximum atomic E-state index is 12.5. The van der Waals surface area contributed by atoms with Gasteiger partial charge in [-0.1, -0.05) is 29.5 Å². The van der Waals surface area contributed by atoms with Crippen LogP contribution < -0.4 is 4.90 Å². The van der Waals surface area contributed by atoms with Crippen molar-refractivity contribution < 1.29 is 14.4 Å². The maximum absolute atomic E-state index is 12.5. The Morgan fingerprint density at radius 3 is 2.69 bits per heavy atom. The number of hydrogen-bond acceptors (Lipinski definition) is 7. The Morgan fingerprint density at radius 1 is 1.03 bits per heavy atom. The maximum Gasteiger partial charge on any atom is 0.299 e. The normalized spacial score (nSPS) is 13.3. The zero-order chi connectivity index (χ0) is 20.0. The Kier molecular flexibility index (Phi) is 4.02. The fourth-order valence-corrected chi connectivity index (χ4v) is 4.16. The molecule has 0 bridgehead atoms. The van der Waals surface area contributed by atoms with E-state index in [2.05, 4.69) is 15.3 Å². The predicted molar refractivity (Wildman–Crippen MR) is 106 cm³/mol. The van der Waals surface area contributed by atoms with Gasteiger partial charge in [0.15, 0.2) is 5.01 Å². The number of carbonyl (C=O) groups excluding carboxylic acids is 3. The van der Waals surface area contributed by atoms with Gasteiger partial charge in [0.2, 0.25) is 5.78 Å². The molecule has 9 heteroatoms. The van der Waals surface area contributed by atoms with Crippen LogP contribution in [0.3, 0.4) is 0 Å². The monoisotopic (exact) mass is 403 g/mol. The van der Waals surface area contributed by atoms with Crippen molar-refractivity contribution in [3.8, 4) is 0 Å². The summed E-state index contributed by atoms with van der Waals surface area (Å²) in [6.45, 7) is 0.104. The largest absolute Gasteiger partial charge is 0.299 e. The zero-order valence-corrected chi connectivity index (χ0v) is 15.8. The van der Waals surface area contributed by atoms with Crippen LogP contribution in [0.25, 0.3) is 10.2 Å². The first-order valence-corrected chi connectivity index (χ1v) is 9.65. The van der Waals surface area contributed by atoms with Crippen molar-refractivity contribution in [1.82, 2.24) is 20.0 Å². The third kappa shape index (κ3) is 3.01. The number of fused-ring (bicyclic) bond motifs is 2. The van der Waals surface area contributed by atoms with Gasteiger partial charge < -0.3 is 0 Å². The van der Waals surface area contributed by atoms with Crippen LogP contribution in [0, 0.1) is 0 Å². The highest BCUT2D eigenvalue weighted by Crippen LogP contribution is 2.29. The van der Waals surface area contributed by atoms with Gasteiger partial charge in [0.05, 0.1) is 34.2 Å². The Labute approximate surface area is 168 Å². The molecule has 0 saturated heterocycles. The molecule has 3 heterocycles. The van der Waals surface area contributed by atoms with Crippen molar-refractivity contribution in [1.29, 1.82) is 0 Å². The first-order chi connectivity index (χ1) is 14.1. The van der Waals surface area contributed by atoms with Gasteiger partial charge in [-0.15, -0.1) is 16.4 Å². The molecule has 142 valence electrons. The first kappa shape index (κ1) is 17.4. The smallest absolute Gasteiger partial charge is 0.299 e. The Morgan fingerprint density at radius 2 is 1.83 bits per heavy atom. The van der Waals surface area contributed by atoms with Crippen LogP contribution in [0.2, 0.25) is 0 Å². The van der Waals surface area contributed by atoms with Gasteiger partial charge in [-0.05, 0) is 24.3 Å². The standard InChI is InChI=1S/C20H13N5O3S/c26-16(19-21-14-6-2-4-8-17(14)29-19)11-24-9-12(22-23-24)10-25-15-7-3-1-5-13(15)18(27)20(25)28/h1-9H,10-11H2. The van der Waals surface area contributed by atoms with Crippen molar-refractivity contribution in [2.24, 2.45) is 0 Å². The highest BCUT2D eigenvalue weighted by molar-refractivity contribution is 7.20. The lowest BCUT2D eigenvalue weighted by molar-refractivity contribution is -0.114. The number of rotatable bonds is 5. The number of nitrogens with zero attached hydrogens (tertiary/aromatic N) is 5. The molecule has 29 heavy (non-hydrogen) atoms. The number of benzene rings is 2. The molecule has 2 aromatic heterocycles. The third-order valence-electron chi connectivity index (χ3n) is 4.62. The van der Waals surface area contributed by atoms with Gasteiger partial charge in [0, 0.05) is 0 Å². The van der Waals surface area contributed by atoms with E-state index in [-0.39, 0.29) is 18.9 Å². The average molecular weight is 403 g/mol. The second-order valence-corrected chi connectivity index (χ2v) is 7.59. The molecular weight excluding hydrogens is 390 g/mol. The van der Waals surface area contributed by atoms with Crippen molar-refractivity contribution in [2.45, 2.75) is 13.1 Å². The zero-order valence-electron chi connectivity index (χ0n) is 15.0. The van der Waals surface area contributed by atoms with Crippen LogP contribution >= 0.6 is 11.3 Å². The molecule has 0 fully saturated rings. The Bertz CT molecular complexity index is 1260. The fourth-order valence-electron chi connectivity index (χ4n) is 3.26. The molecule has 4 aromatic rings. The summed E-state index contributed by atoms with van der Waals surface area (Å²) in [5, 5.41) is 8.43. The van der Waals surface area contributed by atoms with E-state index in [9.17, 15) is 14.4 Å². The SMILES string of the molecule is O=C(Cn1cc(CN2C(=O)C(=O)c3ccccc32)nn1)c1nc2ccccc2s1. The average Bonchev–Trinajstić information content (AvgIpc) is 3.42. The van der Waals surface area contributed by atoms with E-state index in [0.717, 1.165) is 10.2 Å². The van der Waals surface area contributed by atoms with E-state index < -0.39 is 11.7 Å². The second-order valence-electron chi connectivity index (χ2n) is 6.55. The molecule has 0 N–H and O–H groups in total. The molecule has 0 spiro atoms. The minimum absolute atomic E-state index is 0.00368. The molecule has 0 atom stereocenters. The number of para-hydroxylation sites is 2. The van der Waals surface area contributed by atoms with Crippen LogP contribution in [0.15, 0.2) is 54.7 Å². The minimum atomic E-state index is -0.591. The van der Waals surface area contributed by atoms with Crippen LogP contribution in [0.4, 0.5) is 5.69 Å². The number of thiazole rings is 1. The van der Waals surface area contributed by atoms with Gasteiger partial charge in [-0.25, -0.2) is 9.67 Å². The summed E-state index contributed by atoms with van der Waals surface area (Å²) in [6, 6.07) is 14.4. The summed E-state index contributed by atoms with van der Waals surface area (Å²) in [7, 11) is 0. The van der Waals surface area contributed by atoms with Gasteiger partial charge >= 0.3 is 0 Å². The van der Waals surface area contributed by atoms with Gasteiger partial charge in [0.1, 0.15) is 12.2 Å². The highest BCUT2D eigenvalue weighted by Gasteiger charge is 2.35. The van der Waals surface area contributed by atoms with Crippen molar-refractivity contribution >= 4 is 44.7 Å². The Hall–Kier alpha value is -3.72. The van der Waals surface area contributed by atoms with Gasteiger partial charge in [0.25, 0.3) is 11.7 Å². The van der Waals surface area contributed by atoms with E-state index in [1.807, 2.05) is 24.3 Å². The number of hydrogen-bond donors (Lipinski definition) is 0. The van der Waals surface area contributed by atoms with E-state index in [0.29, 0.717) is 22.0 Å². The molecule has 0 unspecified atom stereocenters. The van der Waals surface area contributed by atoms with Crippen LogP contribution in [-0.2, 0) is 17.9 Å². The van der Waals surface area contributed by atoms with Gasteiger partial charge in [-0.2, -0.15) is 0 Å². The quantitative estimate of drug-likeness (QED) is 0.375. The van der Waals surface area contributed by atoms with Crippen molar-refractivity contribution in [3.05, 3.63) is 71.0 Å². The third-order valence-corrected chi connectivity index (χ3v) is 5.70. The van der Waals surface area contributed by atoms with E-state index in [1.54, 1.807) is 30.5 Å². The van der Waals surface area contributed by atoms with Crippen LogP contribution in [0.5, 0.6) is 0 Å². The summed E-state index contributed by atoms with van der Waals surface area (Å²) in [5.74, 6) is -1.29. The lowest BCUT2D eigenvalue weighted by Gasteiger charge is -2.14. The number of Topliss-reactive ketones (excluding diaryl/α,β-unsaturated/α-hetero) is 2. The minimum Gasteiger partial charge on any atom is -0.299 e. The van der Waals surface area contributed by atoms with E-state index in [1.165, 1.54) is 20.9 Å². The van der Waals surface area contributed by atoms with Crippen molar-refractivity contribution in [2.75, 3.05) is 4.90 Å².